The van der Waals surface area contributed by atoms with Crippen LogP contribution in [0.4, 0.5) is 11.4 Å². The number of hydrogen-bond acceptors (Lipinski definition) is 2. The molecule has 0 aromatic heterocycles. The summed E-state index contributed by atoms with van der Waals surface area (Å²) < 4.78 is 0. The molecule has 0 saturated carbocycles. The van der Waals surface area contributed by atoms with E-state index >= 15 is 0 Å². The predicted molar refractivity (Wildman–Crippen MR) is 113 cm³/mol. The molecule has 0 N–H and O–H groups in total. The largest absolute Gasteiger partial charge is 0.340 e. The van der Waals surface area contributed by atoms with Gasteiger partial charge in [0.1, 0.15) is 0 Å². The van der Waals surface area contributed by atoms with E-state index < -0.39 is 0 Å². The summed E-state index contributed by atoms with van der Waals surface area (Å²) >= 11 is 1.76. The Morgan fingerprint density at radius 2 is 1.35 bits per heavy atom. The number of anilines is 2. The number of terminal acetylenes is 2. The van der Waals surface area contributed by atoms with Crippen LogP contribution >= 0.6 is 11.8 Å². The number of hydrogen-bond donors (Lipinski definition) is 0. The van der Waals surface area contributed by atoms with Gasteiger partial charge < -0.3 is 4.90 Å². The van der Waals surface area contributed by atoms with Crippen LogP contribution < -0.4 is 4.90 Å². The molecule has 1 aliphatic heterocycles. The highest BCUT2D eigenvalue weighted by atomic mass is 32.2. The van der Waals surface area contributed by atoms with Crippen molar-refractivity contribution in [2.24, 2.45) is 0 Å². The molecule has 26 heavy (non-hydrogen) atoms. The SMILES string of the molecule is C#Cc1ccc2c(c1)Sc1cc(C#C)ccc1N2CCCCCCCC. The Morgan fingerprint density at radius 1 is 0.808 bits per heavy atom. The number of nitrogens with zero attached hydrogens (tertiary/aromatic N) is 1. The molecular formula is C24H25NS. The molecule has 2 aromatic rings. The third-order valence-electron chi connectivity index (χ3n) is 4.79. The molecule has 0 spiro atoms. The maximum Gasteiger partial charge on any atom is 0.0553 e. The van der Waals surface area contributed by atoms with E-state index in [1.807, 2.05) is 12.1 Å². The second-order valence-electron chi connectivity index (χ2n) is 6.68. The quantitative estimate of drug-likeness (QED) is 0.404. The maximum absolute atomic E-state index is 5.60. The van der Waals surface area contributed by atoms with Crippen molar-refractivity contribution in [2.75, 3.05) is 11.4 Å². The number of rotatable bonds is 7. The maximum atomic E-state index is 5.60. The van der Waals surface area contributed by atoms with Gasteiger partial charge in [0.15, 0.2) is 0 Å². The van der Waals surface area contributed by atoms with Crippen LogP contribution in [-0.4, -0.2) is 6.54 Å². The van der Waals surface area contributed by atoms with Crippen molar-refractivity contribution in [3.8, 4) is 24.7 Å². The molecular weight excluding hydrogens is 334 g/mol. The van der Waals surface area contributed by atoms with Crippen LogP contribution in [0.25, 0.3) is 0 Å². The van der Waals surface area contributed by atoms with Gasteiger partial charge >= 0.3 is 0 Å². The fourth-order valence-corrected chi connectivity index (χ4v) is 4.53. The van der Waals surface area contributed by atoms with Crippen molar-refractivity contribution >= 4 is 23.1 Å². The minimum absolute atomic E-state index is 0.923. The van der Waals surface area contributed by atoms with Gasteiger partial charge in [0.2, 0.25) is 0 Å². The van der Waals surface area contributed by atoms with E-state index in [1.54, 1.807) is 11.8 Å². The summed E-state index contributed by atoms with van der Waals surface area (Å²) in [5, 5.41) is 0. The zero-order valence-electron chi connectivity index (χ0n) is 15.4. The zero-order chi connectivity index (χ0) is 18.4. The van der Waals surface area contributed by atoms with Gasteiger partial charge in [0.25, 0.3) is 0 Å². The lowest BCUT2D eigenvalue weighted by atomic mass is 10.1. The third-order valence-corrected chi connectivity index (χ3v) is 5.88. The smallest absolute Gasteiger partial charge is 0.0553 e. The van der Waals surface area contributed by atoms with E-state index in [2.05, 4.69) is 47.9 Å². The van der Waals surface area contributed by atoms with Crippen LogP contribution in [0.2, 0.25) is 0 Å². The molecule has 0 radical (unpaired) electrons. The molecule has 2 aromatic carbocycles. The summed E-state index contributed by atoms with van der Waals surface area (Å²) in [6.45, 7) is 3.28. The first-order valence-corrected chi connectivity index (χ1v) is 10.2. The van der Waals surface area contributed by atoms with Crippen molar-refractivity contribution < 1.29 is 0 Å². The average Bonchev–Trinajstić information content (AvgIpc) is 2.68. The van der Waals surface area contributed by atoms with E-state index in [9.17, 15) is 0 Å². The highest BCUT2D eigenvalue weighted by molar-refractivity contribution is 7.99. The molecule has 0 bridgehead atoms. The summed E-state index contributed by atoms with van der Waals surface area (Å²) in [6, 6.07) is 12.6. The molecule has 0 aliphatic carbocycles. The molecule has 1 nitrogen and oxygen atoms in total. The molecule has 0 atom stereocenters. The summed E-state index contributed by atoms with van der Waals surface area (Å²) in [6.07, 6.45) is 19.0. The van der Waals surface area contributed by atoms with Crippen molar-refractivity contribution in [2.45, 2.75) is 55.2 Å². The summed E-state index contributed by atoms with van der Waals surface area (Å²) in [4.78, 5) is 4.86. The van der Waals surface area contributed by atoms with Gasteiger partial charge in [0, 0.05) is 27.5 Å². The van der Waals surface area contributed by atoms with Gasteiger partial charge in [-0.3, -0.25) is 0 Å². The molecule has 0 unspecified atom stereocenters. The minimum Gasteiger partial charge on any atom is -0.340 e. The fourth-order valence-electron chi connectivity index (χ4n) is 3.36. The normalized spacial score (nSPS) is 12.0. The van der Waals surface area contributed by atoms with Crippen molar-refractivity contribution in [1.82, 2.24) is 0 Å². The predicted octanol–water partition coefficient (Wildman–Crippen LogP) is 6.61. The number of unbranched alkanes of at least 4 members (excludes halogenated alkanes) is 5. The van der Waals surface area contributed by atoms with Crippen LogP contribution in [0.15, 0.2) is 46.2 Å². The first-order chi connectivity index (χ1) is 12.8. The van der Waals surface area contributed by atoms with Crippen molar-refractivity contribution in [1.29, 1.82) is 0 Å². The van der Waals surface area contributed by atoms with Crippen molar-refractivity contribution in [3.05, 3.63) is 47.5 Å². The third kappa shape index (κ3) is 4.09. The Kier molecular flexibility index (Phi) is 6.32. The molecule has 3 rings (SSSR count). The van der Waals surface area contributed by atoms with Gasteiger partial charge in [-0.1, -0.05) is 62.6 Å². The molecule has 132 valence electrons. The van der Waals surface area contributed by atoms with Crippen molar-refractivity contribution in [3.63, 3.8) is 0 Å². The van der Waals surface area contributed by atoms with Crippen LogP contribution in [0.1, 0.15) is 56.6 Å². The molecule has 2 heteroatoms. The van der Waals surface area contributed by atoms with E-state index in [0.717, 1.165) is 17.7 Å². The van der Waals surface area contributed by atoms with Gasteiger partial charge in [-0.2, -0.15) is 0 Å². The molecule has 0 amide bonds. The van der Waals surface area contributed by atoms with E-state index in [1.165, 1.54) is 59.7 Å². The lowest BCUT2D eigenvalue weighted by molar-refractivity contribution is 0.608. The zero-order valence-corrected chi connectivity index (χ0v) is 16.2. The topological polar surface area (TPSA) is 3.24 Å². The van der Waals surface area contributed by atoms with Gasteiger partial charge in [0.05, 0.1) is 11.4 Å². The highest BCUT2D eigenvalue weighted by Crippen LogP contribution is 2.48. The van der Waals surface area contributed by atoms with Crippen LogP contribution in [0, 0.1) is 24.7 Å². The Hall–Kier alpha value is -2.29. The van der Waals surface area contributed by atoms with E-state index in [4.69, 9.17) is 12.8 Å². The first-order valence-electron chi connectivity index (χ1n) is 9.43. The lowest BCUT2D eigenvalue weighted by Gasteiger charge is -2.33. The van der Waals surface area contributed by atoms with Gasteiger partial charge in [-0.25, -0.2) is 0 Å². The molecule has 1 aliphatic rings. The Bertz CT molecular complexity index is 790. The van der Waals surface area contributed by atoms with Gasteiger partial charge in [-0.05, 0) is 42.8 Å². The van der Waals surface area contributed by atoms with Crippen LogP contribution in [0.3, 0.4) is 0 Å². The summed E-state index contributed by atoms with van der Waals surface area (Å²) in [5.74, 6) is 5.49. The second-order valence-corrected chi connectivity index (χ2v) is 7.76. The Labute approximate surface area is 162 Å². The number of benzene rings is 2. The summed E-state index contributed by atoms with van der Waals surface area (Å²) in [5.41, 5.74) is 4.35. The second kappa shape index (κ2) is 8.88. The Morgan fingerprint density at radius 3 is 1.88 bits per heavy atom. The first kappa shape index (κ1) is 18.5. The van der Waals surface area contributed by atoms with E-state index in [-0.39, 0.29) is 0 Å². The monoisotopic (exact) mass is 359 g/mol. The highest BCUT2D eigenvalue weighted by Gasteiger charge is 2.23. The molecule has 1 heterocycles. The number of fused-ring (bicyclic) bond motifs is 2. The standard InChI is InChI=1S/C24H25NS/c1-4-7-8-9-10-11-16-25-21-14-12-19(5-2)17-23(21)26-24-18-20(6-3)13-15-22(24)25/h2-3,12-15,17-18H,4,7-11,16H2,1H3. The summed E-state index contributed by atoms with van der Waals surface area (Å²) in [7, 11) is 0. The minimum atomic E-state index is 0.923. The van der Waals surface area contributed by atoms with E-state index in [0.29, 0.717) is 0 Å². The average molecular weight is 360 g/mol. The van der Waals surface area contributed by atoms with Crippen LogP contribution in [0.5, 0.6) is 0 Å². The molecule has 0 fully saturated rings. The van der Waals surface area contributed by atoms with Gasteiger partial charge in [-0.15, -0.1) is 12.8 Å². The molecule has 0 saturated heterocycles. The van der Waals surface area contributed by atoms with Crippen LogP contribution in [-0.2, 0) is 0 Å². The Balaban J connectivity index is 1.83. The fraction of sp³-hybridized carbons (Fsp3) is 0.333. The lowest BCUT2D eigenvalue weighted by Crippen LogP contribution is -2.22.